The number of aromatic nitrogens is 2. The SMILES string of the molecule is C[S@@](=O)c1ccc(C(=O)NCc2nc(Cc3ccccc3)no2)cc1. The molecule has 7 heteroatoms. The van der Waals surface area contributed by atoms with Gasteiger partial charge in [0.15, 0.2) is 5.82 Å². The van der Waals surface area contributed by atoms with E-state index >= 15 is 0 Å². The van der Waals surface area contributed by atoms with Gasteiger partial charge < -0.3 is 9.84 Å². The summed E-state index contributed by atoms with van der Waals surface area (Å²) in [5, 5.41) is 6.65. The van der Waals surface area contributed by atoms with Gasteiger partial charge in [0.1, 0.15) is 0 Å². The lowest BCUT2D eigenvalue weighted by Crippen LogP contribution is -2.22. The monoisotopic (exact) mass is 355 g/mol. The zero-order valence-electron chi connectivity index (χ0n) is 13.6. The topological polar surface area (TPSA) is 85.1 Å². The molecule has 0 aliphatic heterocycles. The van der Waals surface area contributed by atoms with Crippen molar-refractivity contribution >= 4 is 16.7 Å². The van der Waals surface area contributed by atoms with Crippen molar-refractivity contribution in [3.05, 3.63) is 77.4 Å². The Hall–Kier alpha value is -2.80. The molecule has 1 heterocycles. The number of nitrogens with one attached hydrogen (secondary N) is 1. The molecule has 0 unspecified atom stereocenters. The molecule has 6 nitrogen and oxygen atoms in total. The number of hydrogen-bond acceptors (Lipinski definition) is 5. The first-order chi connectivity index (χ1) is 12.1. The van der Waals surface area contributed by atoms with E-state index < -0.39 is 10.8 Å². The molecule has 128 valence electrons. The van der Waals surface area contributed by atoms with Gasteiger partial charge in [-0.25, -0.2) is 0 Å². The van der Waals surface area contributed by atoms with Crippen LogP contribution in [0.1, 0.15) is 27.6 Å². The molecule has 25 heavy (non-hydrogen) atoms. The largest absolute Gasteiger partial charge is 0.343 e. The van der Waals surface area contributed by atoms with E-state index in [2.05, 4.69) is 15.5 Å². The molecule has 3 rings (SSSR count). The Morgan fingerprint density at radius 1 is 1.12 bits per heavy atom. The zero-order valence-corrected chi connectivity index (χ0v) is 14.5. The number of carbonyl (C=O) groups is 1. The summed E-state index contributed by atoms with van der Waals surface area (Å²) in [7, 11) is -1.06. The number of nitrogens with zero attached hydrogens (tertiary/aromatic N) is 2. The summed E-state index contributed by atoms with van der Waals surface area (Å²) >= 11 is 0. The summed E-state index contributed by atoms with van der Waals surface area (Å²) in [6.45, 7) is 0.155. The highest BCUT2D eigenvalue weighted by molar-refractivity contribution is 7.84. The summed E-state index contributed by atoms with van der Waals surface area (Å²) in [5.41, 5.74) is 1.57. The number of carbonyl (C=O) groups excluding carboxylic acids is 1. The summed E-state index contributed by atoms with van der Waals surface area (Å²) in [4.78, 5) is 17.1. The maximum absolute atomic E-state index is 12.1. The molecule has 1 amide bonds. The predicted molar refractivity (Wildman–Crippen MR) is 93.5 cm³/mol. The van der Waals surface area contributed by atoms with Crippen molar-refractivity contribution in [2.24, 2.45) is 0 Å². The number of benzene rings is 2. The van der Waals surface area contributed by atoms with Crippen LogP contribution in [-0.2, 0) is 23.8 Å². The smallest absolute Gasteiger partial charge is 0.251 e. The van der Waals surface area contributed by atoms with Gasteiger partial charge in [0.25, 0.3) is 5.91 Å². The van der Waals surface area contributed by atoms with Gasteiger partial charge in [-0.2, -0.15) is 4.98 Å². The molecule has 1 aromatic heterocycles. The highest BCUT2D eigenvalue weighted by atomic mass is 32.2. The Balaban J connectivity index is 1.56. The maximum Gasteiger partial charge on any atom is 0.251 e. The van der Waals surface area contributed by atoms with Crippen molar-refractivity contribution in [3.63, 3.8) is 0 Å². The van der Waals surface area contributed by atoms with E-state index in [1.54, 1.807) is 30.5 Å². The van der Waals surface area contributed by atoms with Gasteiger partial charge in [0.2, 0.25) is 5.89 Å². The third kappa shape index (κ3) is 4.60. The lowest BCUT2D eigenvalue weighted by Gasteiger charge is -2.03. The molecule has 1 N–H and O–H groups in total. The molecule has 0 saturated heterocycles. The van der Waals surface area contributed by atoms with Crippen molar-refractivity contribution in [2.45, 2.75) is 17.9 Å². The highest BCUT2D eigenvalue weighted by Gasteiger charge is 2.10. The molecule has 2 aromatic carbocycles. The molecule has 0 bridgehead atoms. The van der Waals surface area contributed by atoms with Crippen molar-refractivity contribution < 1.29 is 13.5 Å². The zero-order chi connectivity index (χ0) is 17.6. The molecule has 1 atom stereocenters. The molecule has 0 aliphatic carbocycles. The van der Waals surface area contributed by atoms with E-state index in [1.165, 1.54) is 0 Å². The summed E-state index contributed by atoms with van der Waals surface area (Å²) in [6, 6.07) is 16.5. The van der Waals surface area contributed by atoms with Gasteiger partial charge >= 0.3 is 0 Å². The minimum Gasteiger partial charge on any atom is -0.343 e. The third-order valence-electron chi connectivity index (χ3n) is 3.56. The number of rotatable bonds is 6. The van der Waals surface area contributed by atoms with Crippen LogP contribution in [0.25, 0.3) is 0 Å². The van der Waals surface area contributed by atoms with E-state index in [4.69, 9.17) is 4.52 Å². The van der Waals surface area contributed by atoms with E-state index in [9.17, 15) is 9.00 Å². The Morgan fingerprint density at radius 2 is 1.84 bits per heavy atom. The van der Waals surface area contributed by atoms with E-state index in [0.717, 1.165) is 5.56 Å². The normalized spacial score (nSPS) is 11.9. The molecule has 3 aromatic rings. The Morgan fingerprint density at radius 3 is 2.52 bits per heavy atom. The average Bonchev–Trinajstić information content (AvgIpc) is 3.08. The Bertz CT molecular complexity index is 876. The molecule has 0 aliphatic rings. The lowest BCUT2D eigenvalue weighted by atomic mass is 10.1. The van der Waals surface area contributed by atoms with Crippen LogP contribution in [0.4, 0.5) is 0 Å². The number of hydrogen-bond donors (Lipinski definition) is 1. The van der Waals surface area contributed by atoms with Crippen molar-refractivity contribution in [2.75, 3.05) is 6.26 Å². The van der Waals surface area contributed by atoms with Crippen LogP contribution in [0, 0.1) is 0 Å². The second-order valence-corrected chi connectivity index (χ2v) is 6.81. The fourth-order valence-electron chi connectivity index (χ4n) is 2.27. The lowest BCUT2D eigenvalue weighted by molar-refractivity contribution is 0.0946. The highest BCUT2D eigenvalue weighted by Crippen LogP contribution is 2.09. The molecular formula is C18H17N3O3S. The average molecular weight is 355 g/mol. The minimum atomic E-state index is -1.06. The van der Waals surface area contributed by atoms with E-state index in [-0.39, 0.29) is 12.5 Å². The first-order valence-corrected chi connectivity index (χ1v) is 9.25. The Kier molecular flexibility index (Phi) is 5.35. The van der Waals surface area contributed by atoms with Crippen LogP contribution in [0.5, 0.6) is 0 Å². The second-order valence-electron chi connectivity index (χ2n) is 5.43. The molecule has 0 spiro atoms. The standard InChI is InChI=1S/C18H17N3O3S/c1-25(23)15-9-7-14(8-10-15)18(22)19-12-17-20-16(21-24-17)11-13-5-3-2-4-6-13/h2-10H,11-12H2,1H3,(H,19,22)/t25-/m1/s1. The van der Waals surface area contributed by atoms with Gasteiger partial charge in [-0.3, -0.25) is 9.00 Å². The fourth-order valence-corrected chi connectivity index (χ4v) is 2.79. The van der Waals surface area contributed by atoms with Crippen molar-refractivity contribution in [1.82, 2.24) is 15.5 Å². The first kappa shape index (κ1) is 17.0. The predicted octanol–water partition coefficient (Wildman–Crippen LogP) is 2.33. The van der Waals surface area contributed by atoms with Crippen LogP contribution in [0.2, 0.25) is 0 Å². The first-order valence-electron chi connectivity index (χ1n) is 7.69. The van der Waals surface area contributed by atoms with E-state index in [1.807, 2.05) is 30.3 Å². The number of amides is 1. The van der Waals surface area contributed by atoms with Crippen LogP contribution in [0.3, 0.4) is 0 Å². The molecular weight excluding hydrogens is 338 g/mol. The second kappa shape index (κ2) is 7.85. The van der Waals surface area contributed by atoms with Crippen LogP contribution in [-0.4, -0.2) is 26.5 Å². The third-order valence-corrected chi connectivity index (χ3v) is 4.50. The van der Waals surface area contributed by atoms with Gasteiger partial charge in [0, 0.05) is 33.9 Å². The molecule has 0 radical (unpaired) electrons. The quantitative estimate of drug-likeness (QED) is 0.733. The van der Waals surface area contributed by atoms with Crippen LogP contribution < -0.4 is 5.32 Å². The van der Waals surface area contributed by atoms with Gasteiger partial charge in [-0.05, 0) is 29.8 Å². The summed E-state index contributed by atoms with van der Waals surface area (Å²) in [5.74, 6) is 0.673. The van der Waals surface area contributed by atoms with Crippen LogP contribution >= 0.6 is 0 Å². The summed E-state index contributed by atoms with van der Waals surface area (Å²) < 4.78 is 16.5. The maximum atomic E-state index is 12.1. The van der Waals surface area contributed by atoms with Crippen molar-refractivity contribution in [3.8, 4) is 0 Å². The van der Waals surface area contributed by atoms with Gasteiger partial charge in [0.05, 0.1) is 6.54 Å². The van der Waals surface area contributed by atoms with Crippen LogP contribution in [0.15, 0.2) is 64.0 Å². The van der Waals surface area contributed by atoms with Gasteiger partial charge in [-0.1, -0.05) is 35.5 Å². The Labute approximate surface area is 147 Å². The summed E-state index contributed by atoms with van der Waals surface area (Å²) in [6.07, 6.45) is 2.17. The molecule has 0 saturated carbocycles. The minimum absolute atomic E-state index is 0.155. The van der Waals surface area contributed by atoms with E-state index in [0.29, 0.717) is 28.6 Å². The molecule has 0 fully saturated rings. The van der Waals surface area contributed by atoms with Gasteiger partial charge in [-0.15, -0.1) is 0 Å². The van der Waals surface area contributed by atoms with Crippen molar-refractivity contribution in [1.29, 1.82) is 0 Å². The fraction of sp³-hybridized carbons (Fsp3) is 0.167.